The lowest BCUT2D eigenvalue weighted by atomic mass is 9.95. The Morgan fingerprint density at radius 2 is 1.85 bits per heavy atom. The average Bonchev–Trinajstić information content (AvgIpc) is 2.40. The fourth-order valence-corrected chi connectivity index (χ4v) is 2.28. The molecule has 1 aliphatic carbocycles. The summed E-state index contributed by atoms with van der Waals surface area (Å²) in [5.74, 6) is 0.109. The van der Waals surface area contributed by atoms with E-state index in [1.807, 2.05) is 0 Å². The number of ether oxygens (including phenoxy) is 1. The standard InChI is InChI=1S/C14H14F3NO2/c15-14(16,17)13-7-12(4-1-9(13)8-18)20-11-5-2-10(19)3-6-11/h1,4,7,10-11,19H,2-3,5-6H2. The van der Waals surface area contributed by atoms with Crippen LogP contribution in [0.2, 0.25) is 0 Å². The van der Waals surface area contributed by atoms with Crippen LogP contribution in [0.25, 0.3) is 0 Å². The molecule has 108 valence electrons. The van der Waals surface area contributed by atoms with Gasteiger partial charge in [-0.1, -0.05) is 0 Å². The largest absolute Gasteiger partial charge is 0.490 e. The molecule has 0 unspecified atom stereocenters. The summed E-state index contributed by atoms with van der Waals surface area (Å²) in [4.78, 5) is 0. The van der Waals surface area contributed by atoms with E-state index in [1.165, 1.54) is 12.1 Å². The van der Waals surface area contributed by atoms with E-state index in [9.17, 15) is 18.3 Å². The molecule has 0 saturated heterocycles. The summed E-state index contributed by atoms with van der Waals surface area (Å²) in [6, 6.07) is 4.89. The summed E-state index contributed by atoms with van der Waals surface area (Å²) in [7, 11) is 0. The zero-order valence-corrected chi connectivity index (χ0v) is 10.7. The van der Waals surface area contributed by atoms with Crippen molar-refractivity contribution in [1.29, 1.82) is 5.26 Å². The van der Waals surface area contributed by atoms with Gasteiger partial charge in [0.15, 0.2) is 0 Å². The summed E-state index contributed by atoms with van der Waals surface area (Å²) in [5.41, 5.74) is -1.39. The number of hydrogen-bond acceptors (Lipinski definition) is 3. The number of hydrogen-bond donors (Lipinski definition) is 1. The Bertz CT molecular complexity index is 514. The molecule has 1 fully saturated rings. The van der Waals surface area contributed by atoms with Crippen molar-refractivity contribution < 1.29 is 23.0 Å². The Labute approximate surface area is 114 Å². The van der Waals surface area contributed by atoms with Crippen molar-refractivity contribution in [2.75, 3.05) is 0 Å². The first-order valence-electron chi connectivity index (χ1n) is 6.36. The van der Waals surface area contributed by atoms with Crippen molar-refractivity contribution in [3.63, 3.8) is 0 Å². The third-order valence-electron chi connectivity index (χ3n) is 3.36. The number of rotatable bonds is 2. The molecule has 0 bridgehead atoms. The minimum atomic E-state index is -4.58. The van der Waals surface area contributed by atoms with E-state index in [-0.39, 0.29) is 18.0 Å². The lowest BCUT2D eigenvalue weighted by Gasteiger charge is -2.26. The molecular weight excluding hydrogens is 271 g/mol. The van der Waals surface area contributed by atoms with Crippen molar-refractivity contribution in [3.05, 3.63) is 29.3 Å². The molecule has 3 nitrogen and oxygen atoms in total. The monoisotopic (exact) mass is 285 g/mol. The number of nitrogens with zero attached hydrogens (tertiary/aromatic N) is 1. The molecule has 20 heavy (non-hydrogen) atoms. The van der Waals surface area contributed by atoms with Crippen LogP contribution < -0.4 is 4.74 Å². The Morgan fingerprint density at radius 3 is 2.40 bits per heavy atom. The lowest BCUT2D eigenvalue weighted by molar-refractivity contribution is -0.137. The molecule has 6 heteroatoms. The van der Waals surface area contributed by atoms with Gasteiger partial charge in [-0.25, -0.2) is 0 Å². The zero-order valence-electron chi connectivity index (χ0n) is 10.7. The molecule has 1 aromatic rings. The van der Waals surface area contributed by atoms with Gasteiger partial charge in [0, 0.05) is 0 Å². The normalized spacial score (nSPS) is 23.1. The van der Waals surface area contributed by atoms with E-state index in [0.29, 0.717) is 25.7 Å². The van der Waals surface area contributed by atoms with Gasteiger partial charge in [-0.3, -0.25) is 0 Å². The molecule has 0 aliphatic heterocycles. The SMILES string of the molecule is N#Cc1ccc(OC2CCC(O)CC2)cc1C(F)(F)F. The van der Waals surface area contributed by atoms with Gasteiger partial charge >= 0.3 is 6.18 Å². The minimum absolute atomic E-state index is 0.109. The van der Waals surface area contributed by atoms with Gasteiger partial charge in [0.2, 0.25) is 0 Å². The maximum Gasteiger partial charge on any atom is 0.417 e. The van der Waals surface area contributed by atoms with Gasteiger partial charge in [0.1, 0.15) is 5.75 Å². The van der Waals surface area contributed by atoms with Crippen molar-refractivity contribution >= 4 is 0 Å². The molecule has 1 saturated carbocycles. The van der Waals surface area contributed by atoms with Gasteiger partial charge in [0.05, 0.1) is 29.4 Å². The number of aliphatic hydroxyl groups is 1. The number of nitriles is 1. The Balaban J connectivity index is 2.15. The predicted octanol–water partition coefficient (Wildman–Crippen LogP) is 3.26. The van der Waals surface area contributed by atoms with Crippen LogP contribution in [0.5, 0.6) is 5.75 Å². The molecular formula is C14H14F3NO2. The third kappa shape index (κ3) is 3.42. The summed E-state index contributed by atoms with van der Waals surface area (Å²) < 4.78 is 43.9. The van der Waals surface area contributed by atoms with Gasteiger partial charge in [-0.05, 0) is 43.9 Å². The number of benzene rings is 1. The quantitative estimate of drug-likeness (QED) is 0.907. The van der Waals surface area contributed by atoms with Crippen LogP contribution in [0.15, 0.2) is 18.2 Å². The van der Waals surface area contributed by atoms with E-state index in [2.05, 4.69) is 0 Å². The lowest BCUT2D eigenvalue weighted by Crippen LogP contribution is -2.26. The summed E-state index contributed by atoms with van der Waals surface area (Å²) in [6.45, 7) is 0. The molecule has 0 spiro atoms. The smallest absolute Gasteiger partial charge is 0.417 e. The average molecular weight is 285 g/mol. The highest BCUT2D eigenvalue weighted by molar-refractivity contribution is 5.44. The van der Waals surface area contributed by atoms with Crippen molar-refractivity contribution in [2.24, 2.45) is 0 Å². The van der Waals surface area contributed by atoms with Gasteiger partial charge in [0.25, 0.3) is 0 Å². The Kier molecular flexibility index (Phi) is 4.19. The first-order valence-corrected chi connectivity index (χ1v) is 6.36. The molecule has 0 radical (unpaired) electrons. The molecule has 0 heterocycles. The summed E-state index contributed by atoms with van der Waals surface area (Å²) >= 11 is 0. The van der Waals surface area contributed by atoms with E-state index >= 15 is 0 Å². The highest BCUT2D eigenvalue weighted by atomic mass is 19.4. The van der Waals surface area contributed by atoms with Crippen LogP contribution in [-0.4, -0.2) is 17.3 Å². The molecule has 1 aromatic carbocycles. The summed E-state index contributed by atoms with van der Waals surface area (Å²) in [6.07, 6.45) is -2.70. The van der Waals surface area contributed by atoms with E-state index in [0.717, 1.165) is 12.1 Å². The van der Waals surface area contributed by atoms with Crippen LogP contribution in [0.1, 0.15) is 36.8 Å². The molecule has 0 atom stereocenters. The fourth-order valence-electron chi connectivity index (χ4n) is 2.28. The minimum Gasteiger partial charge on any atom is -0.490 e. The Hall–Kier alpha value is -1.74. The maximum atomic E-state index is 12.8. The zero-order chi connectivity index (χ0) is 14.8. The second-order valence-electron chi connectivity index (χ2n) is 4.87. The van der Waals surface area contributed by atoms with E-state index < -0.39 is 17.3 Å². The number of alkyl halides is 3. The van der Waals surface area contributed by atoms with Crippen molar-refractivity contribution in [2.45, 2.75) is 44.1 Å². The van der Waals surface area contributed by atoms with Crippen molar-refractivity contribution in [3.8, 4) is 11.8 Å². The second kappa shape index (κ2) is 5.71. The Morgan fingerprint density at radius 1 is 1.20 bits per heavy atom. The highest BCUT2D eigenvalue weighted by Gasteiger charge is 2.34. The first-order chi connectivity index (χ1) is 9.40. The molecule has 2 rings (SSSR count). The molecule has 1 aliphatic rings. The van der Waals surface area contributed by atoms with Gasteiger partial charge in [-0.15, -0.1) is 0 Å². The fraction of sp³-hybridized carbons (Fsp3) is 0.500. The van der Waals surface area contributed by atoms with Crippen LogP contribution in [0.4, 0.5) is 13.2 Å². The molecule has 0 aromatic heterocycles. The molecule has 0 amide bonds. The molecule has 1 N–H and O–H groups in total. The number of aliphatic hydroxyl groups excluding tert-OH is 1. The highest BCUT2D eigenvalue weighted by Crippen LogP contribution is 2.35. The third-order valence-corrected chi connectivity index (χ3v) is 3.36. The van der Waals surface area contributed by atoms with E-state index in [4.69, 9.17) is 10.00 Å². The second-order valence-corrected chi connectivity index (χ2v) is 4.87. The predicted molar refractivity (Wildman–Crippen MR) is 65.0 cm³/mol. The van der Waals surface area contributed by atoms with Crippen LogP contribution in [0, 0.1) is 11.3 Å². The van der Waals surface area contributed by atoms with Crippen molar-refractivity contribution in [1.82, 2.24) is 0 Å². The van der Waals surface area contributed by atoms with Crippen LogP contribution in [0.3, 0.4) is 0 Å². The maximum absolute atomic E-state index is 12.8. The number of halogens is 3. The van der Waals surface area contributed by atoms with E-state index in [1.54, 1.807) is 0 Å². The summed E-state index contributed by atoms with van der Waals surface area (Å²) in [5, 5.41) is 18.1. The first kappa shape index (κ1) is 14.7. The van der Waals surface area contributed by atoms with Crippen LogP contribution >= 0.6 is 0 Å². The van der Waals surface area contributed by atoms with Gasteiger partial charge < -0.3 is 9.84 Å². The topological polar surface area (TPSA) is 53.2 Å². The van der Waals surface area contributed by atoms with Gasteiger partial charge in [-0.2, -0.15) is 18.4 Å². The van der Waals surface area contributed by atoms with Crippen LogP contribution in [-0.2, 0) is 6.18 Å².